The van der Waals surface area contributed by atoms with E-state index in [4.69, 9.17) is 4.74 Å². The summed E-state index contributed by atoms with van der Waals surface area (Å²) in [6, 6.07) is 22.1. The molecule has 3 aromatic carbocycles. The molecule has 0 fully saturated rings. The zero-order chi connectivity index (χ0) is 27.1. The topological polar surface area (TPSA) is 104 Å². The van der Waals surface area contributed by atoms with Crippen LogP contribution in [0.4, 0.5) is 11.6 Å². The number of hydrogen-bond acceptors (Lipinski definition) is 7. The molecule has 0 spiro atoms. The Kier molecular flexibility index (Phi) is 8.17. The summed E-state index contributed by atoms with van der Waals surface area (Å²) in [5.74, 6) is 0.889. The standard InChI is InChI=1S/C29H28N4O5/c1-4-32-28(35)31-27(33(29(32)36)19-22-10-8-20(2)9-11-22)30-23-13-15-24(16-14-23)38-25-7-5-6-21(18-25)12-17-26(34)37-3/h5-18H,4,19H2,1-3H3,(H,30,31,35)/b17-12+. The molecule has 0 saturated carbocycles. The maximum absolute atomic E-state index is 13.1. The molecule has 0 amide bonds. The van der Waals surface area contributed by atoms with Crippen molar-refractivity contribution in [3.8, 4) is 11.5 Å². The van der Waals surface area contributed by atoms with Gasteiger partial charge in [-0.25, -0.2) is 19.0 Å². The predicted molar refractivity (Wildman–Crippen MR) is 146 cm³/mol. The number of nitrogens with zero attached hydrogens (tertiary/aromatic N) is 3. The Morgan fingerprint density at radius 1 is 0.974 bits per heavy atom. The van der Waals surface area contributed by atoms with E-state index in [9.17, 15) is 14.4 Å². The molecule has 0 atom stereocenters. The molecule has 0 aliphatic carbocycles. The smallest absolute Gasteiger partial charge is 0.354 e. The maximum Gasteiger partial charge on any atom is 0.354 e. The number of ether oxygens (including phenoxy) is 2. The lowest BCUT2D eigenvalue weighted by atomic mass is 10.1. The van der Waals surface area contributed by atoms with E-state index in [2.05, 4.69) is 15.0 Å². The number of carbonyl (C=O) groups excluding carboxylic acids is 1. The Morgan fingerprint density at radius 3 is 2.39 bits per heavy atom. The number of benzene rings is 3. The maximum atomic E-state index is 13.1. The average molecular weight is 513 g/mol. The minimum atomic E-state index is -0.610. The zero-order valence-electron chi connectivity index (χ0n) is 21.4. The largest absolute Gasteiger partial charge is 0.466 e. The lowest BCUT2D eigenvalue weighted by Gasteiger charge is -2.15. The van der Waals surface area contributed by atoms with Gasteiger partial charge < -0.3 is 14.8 Å². The van der Waals surface area contributed by atoms with Crippen molar-refractivity contribution in [3.63, 3.8) is 0 Å². The van der Waals surface area contributed by atoms with Crippen LogP contribution in [0.1, 0.15) is 23.6 Å². The van der Waals surface area contributed by atoms with Crippen LogP contribution in [0, 0.1) is 6.92 Å². The van der Waals surface area contributed by atoms with E-state index in [0.29, 0.717) is 17.2 Å². The van der Waals surface area contributed by atoms with E-state index in [1.54, 1.807) is 49.4 Å². The van der Waals surface area contributed by atoms with Gasteiger partial charge in [0.05, 0.1) is 13.7 Å². The van der Waals surface area contributed by atoms with Crippen molar-refractivity contribution >= 4 is 23.7 Å². The van der Waals surface area contributed by atoms with Crippen molar-refractivity contribution in [3.05, 3.63) is 117 Å². The molecule has 0 unspecified atom stereocenters. The summed E-state index contributed by atoms with van der Waals surface area (Å²) in [7, 11) is 1.32. The number of nitrogens with one attached hydrogen (secondary N) is 1. The molecule has 0 radical (unpaired) electrons. The first kappa shape index (κ1) is 26.2. The van der Waals surface area contributed by atoms with Gasteiger partial charge in [-0.3, -0.25) is 4.57 Å². The Labute approximate surface area is 219 Å². The van der Waals surface area contributed by atoms with Crippen molar-refractivity contribution in [1.29, 1.82) is 0 Å². The molecule has 194 valence electrons. The Hall–Kier alpha value is -4.92. The van der Waals surface area contributed by atoms with Crippen molar-refractivity contribution in [2.45, 2.75) is 26.9 Å². The number of aryl methyl sites for hydroxylation is 1. The monoisotopic (exact) mass is 512 g/mol. The van der Waals surface area contributed by atoms with Gasteiger partial charge in [-0.2, -0.15) is 4.98 Å². The summed E-state index contributed by atoms with van der Waals surface area (Å²) in [6.07, 6.45) is 2.98. The van der Waals surface area contributed by atoms with Gasteiger partial charge >= 0.3 is 17.3 Å². The molecule has 0 saturated heterocycles. The number of rotatable bonds is 9. The molecule has 1 heterocycles. The normalized spacial score (nSPS) is 10.9. The van der Waals surface area contributed by atoms with E-state index in [0.717, 1.165) is 21.3 Å². The second kappa shape index (κ2) is 11.9. The van der Waals surface area contributed by atoms with Gasteiger partial charge in [-0.1, -0.05) is 42.0 Å². The fourth-order valence-corrected chi connectivity index (χ4v) is 3.70. The number of methoxy groups -OCH3 is 1. The molecule has 9 nitrogen and oxygen atoms in total. The quantitative estimate of drug-likeness (QED) is 0.260. The summed E-state index contributed by atoms with van der Waals surface area (Å²) < 4.78 is 13.1. The molecular formula is C29H28N4O5. The lowest BCUT2D eigenvalue weighted by molar-refractivity contribution is -0.134. The van der Waals surface area contributed by atoms with Crippen LogP contribution in [0.3, 0.4) is 0 Å². The second-order valence-corrected chi connectivity index (χ2v) is 8.50. The van der Waals surface area contributed by atoms with Crippen LogP contribution in [0.5, 0.6) is 11.5 Å². The van der Waals surface area contributed by atoms with Gasteiger partial charge in [0.25, 0.3) is 0 Å². The highest BCUT2D eigenvalue weighted by Gasteiger charge is 2.13. The van der Waals surface area contributed by atoms with Gasteiger partial charge in [0, 0.05) is 18.3 Å². The highest BCUT2D eigenvalue weighted by molar-refractivity contribution is 5.87. The van der Waals surface area contributed by atoms with Gasteiger partial charge in [0.1, 0.15) is 11.5 Å². The first-order valence-corrected chi connectivity index (χ1v) is 12.0. The Balaban J connectivity index is 1.55. The van der Waals surface area contributed by atoms with Gasteiger partial charge in [0.15, 0.2) is 0 Å². The molecule has 0 bridgehead atoms. The third-order valence-corrected chi connectivity index (χ3v) is 5.74. The van der Waals surface area contributed by atoms with E-state index in [1.165, 1.54) is 17.8 Å². The van der Waals surface area contributed by atoms with Crippen molar-refractivity contribution in [2.24, 2.45) is 0 Å². The molecule has 38 heavy (non-hydrogen) atoms. The Bertz CT molecular complexity index is 1570. The van der Waals surface area contributed by atoms with Crippen LogP contribution in [-0.2, 0) is 22.6 Å². The van der Waals surface area contributed by atoms with Crippen LogP contribution in [0.2, 0.25) is 0 Å². The van der Waals surface area contributed by atoms with E-state index < -0.39 is 17.3 Å². The predicted octanol–water partition coefficient (Wildman–Crippen LogP) is 4.50. The highest BCUT2D eigenvalue weighted by atomic mass is 16.5. The third-order valence-electron chi connectivity index (χ3n) is 5.74. The molecule has 4 rings (SSSR count). The van der Waals surface area contributed by atoms with Crippen molar-refractivity contribution < 1.29 is 14.3 Å². The molecule has 1 N–H and O–H groups in total. The van der Waals surface area contributed by atoms with Crippen LogP contribution in [-0.4, -0.2) is 27.2 Å². The number of carbonyl (C=O) groups is 1. The minimum absolute atomic E-state index is 0.157. The molecule has 0 aliphatic heterocycles. The average Bonchev–Trinajstić information content (AvgIpc) is 2.92. The Morgan fingerprint density at radius 2 is 1.71 bits per heavy atom. The summed E-state index contributed by atoms with van der Waals surface area (Å²) in [6.45, 7) is 4.22. The molecule has 1 aromatic heterocycles. The highest BCUT2D eigenvalue weighted by Crippen LogP contribution is 2.25. The molecule has 4 aromatic rings. The van der Waals surface area contributed by atoms with Crippen molar-refractivity contribution in [1.82, 2.24) is 14.1 Å². The van der Waals surface area contributed by atoms with E-state index in [-0.39, 0.29) is 19.0 Å². The van der Waals surface area contributed by atoms with Gasteiger partial charge in [-0.05, 0) is 67.4 Å². The summed E-state index contributed by atoms with van der Waals surface area (Å²) in [5, 5.41) is 3.10. The van der Waals surface area contributed by atoms with Crippen LogP contribution in [0.25, 0.3) is 6.08 Å². The molecular weight excluding hydrogens is 484 g/mol. The van der Waals surface area contributed by atoms with Gasteiger partial charge in [-0.15, -0.1) is 0 Å². The summed E-state index contributed by atoms with van der Waals surface area (Å²) >= 11 is 0. The van der Waals surface area contributed by atoms with E-state index >= 15 is 0 Å². The van der Waals surface area contributed by atoms with Crippen LogP contribution >= 0.6 is 0 Å². The SMILES string of the molecule is CCn1c(=O)nc(Nc2ccc(Oc3cccc(/C=C/C(=O)OC)c3)cc2)n(Cc2ccc(C)cc2)c1=O. The van der Waals surface area contributed by atoms with Crippen LogP contribution < -0.4 is 21.4 Å². The first-order chi connectivity index (χ1) is 18.4. The fourth-order valence-electron chi connectivity index (χ4n) is 3.70. The van der Waals surface area contributed by atoms with Gasteiger partial charge in [0.2, 0.25) is 5.95 Å². The minimum Gasteiger partial charge on any atom is -0.466 e. The molecule has 9 heteroatoms. The molecule has 0 aliphatic rings. The zero-order valence-corrected chi connectivity index (χ0v) is 21.4. The summed E-state index contributed by atoms with van der Waals surface area (Å²) in [5.41, 5.74) is 2.40. The fraction of sp³-hybridized carbons (Fsp3) is 0.172. The number of esters is 1. The van der Waals surface area contributed by atoms with Crippen LogP contribution in [0.15, 0.2) is 88.5 Å². The number of aromatic nitrogens is 3. The first-order valence-electron chi connectivity index (χ1n) is 12.0. The second-order valence-electron chi connectivity index (χ2n) is 8.50. The van der Waals surface area contributed by atoms with Crippen molar-refractivity contribution in [2.75, 3.05) is 12.4 Å². The number of hydrogen-bond donors (Lipinski definition) is 1. The number of anilines is 2. The lowest BCUT2D eigenvalue weighted by Crippen LogP contribution is -2.42. The third kappa shape index (κ3) is 6.44. The summed E-state index contributed by atoms with van der Waals surface area (Å²) in [4.78, 5) is 41.0. The van der Waals surface area contributed by atoms with E-state index in [1.807, 2.05) is 43.3 Å².